The molecule has 2 aliphatic carbocycles. The average Bonchev–Trinajstić information content (AvgIpc) is 3.88. The molecule has 0 spiro atoms. The van der Waals surface area contributed by atoms with Crippen molar-refractivity contribution in [1.29, 1.82) is 5.26 Å². The zero-order valence-corrected chi connectivity index (χ0v) is 39.7. The monoisotopic (exact) mass is 931 g/mol. The molecule has 332 valence electrons. The van der Waals surface area contributed by atoms with Gasteiger partial charge in [0.25, 0.3) is 5.56 Å². The Morgan fingerprint density at radius 1 is 1.05 bits per heavy atom. The maximum Gasteiger partial charge on any atom is 0.695 e. The standard InChI is InChI=1S/C35H56N8O12P2SSi2/c1-21(2)59(48,22(3)4)55-60(23(5)6,24(7)8)54-32-25(17-44)15-28(43-34-31(41-42-43)35(45)40-20-39-34)33(32)53-57(58,49-13-9-11-36)50-18-26-14-27(16-29(26)52-56(46)47)51-30-10-12-37-19-38-30/h10,12,19-29,32-33,44,48H,9,13-18H2,1-8H3,(H-,39,40,42,45,46,47)/p+1/t25-,26-,27-,28-,29+,32-,33+,57+/m1/s1. The molecule has 0 radical (unpaired) electrons. The number of aromatic amines is 1. The van der Waals surface area contributed by atoms with Crippen LogP contribution in [-0.2, 0) is 43.0 Å². The normalized spacial score (nSPS) is 25.1. The summed E-state index contributed by atoms with van der Waals surface area (Å²) in [6, 6.07) is 2.83. The fourth-order valence-corrected chi connectivity index (χ4v) is 20.7. The SMILES string of the molecule is CC(C)[Si](O)(O[Si](O[C@@H]1[C@@H](CO)C[C@@H](n2nnc3c(=O)[nH]cnc32)[C@@H]1O[P@](=S)(OCCC#N)OC[C@H]1C[C@@H](Oc2ccncn2)C[C@@H]1O[P+](=O)O)(C(C)C)C(C)C)C(C)C. The van der Waals surface area contributed by atoms with Crippen LogP contribution in [0.25, 0.3) is 11.2 Å². The van der Waals surface area contributed by atoms with Crippen LogP contribution < -0.4 is 10.3 Å². The molecule has 25 heteroatoms. The second kappa shape index (κ2) is 20.8. The second-order valence-electron chi connectivity index (χ2n) is 16.4. The largest absolute Gasteiger partial charge is 0.695 e. The number of hydrogen-bond donors (Lipinski definition) is 4. The van der Waals surface area contributed by atoms with Crippen LogP contribution in [0, 0.1) is 23.2 Å². The van der Waals surface area contributed by atoms with E-state index in [-0.39, 0.29) is 72.4 Å². The van der Waals surface area contributed by atoms with Gasteiger partial charge in [-0.1, -0.05) is 60.6 Å². The van der Waals surface area contributed by atoms with Crippen molar-refractivity contribution in [2.45, 2.75) is 134 Å². The van der Waals surface area contributed by atoms with Gasteiger partial charge in [-0.05, 0) is 46.8 Å². The minimum absolute atomic E-state index is 0.0169. The van der Waals surface area contributed by atoms with Gasteiger partial charge in [0.2, 0.25) is 5.88 Å². The number of nitriles is 1. The first-order valence-electron chi connectivity index (χ1n) is 20.1. The number of aliphatic hydroxyl groups is 1. The molecule has 4 N–H and O–H groups in total. The van der Waals surface area contributed by atoms with Gasteiger partial charge in [0, 0.05) is 41.7 Å². The van der Waals surface area contributed by atoms with Crippen LogP contribution in [-0.4, -0.2) is 111 Å². The molecule has 2 fully saturated rings. The van der Waals surface area contributed by atoms with Gasteiger partial charge >= 0.3 is 32.1 Å². The van der Waals surface area contributed by atoms with Crippen molar-refractivity contribution in [3.8, 4) is 11.9 Å². The highest BCUT2D eigenvalue weighted by Crippen LogP contribution is 2.57. The van der Waals surface area contributed by atoms with Gasteiger partial charge in [-0.25, -0.2) is 19.6 Å². The van der Waals surface area contributed by atoms with Crippen LogP contribution in [0.5, 0.6) is 5.88 Å². The van der Waals surface area contributed by atoms with E-state index >= 15 is 0 Å². The number of aromatic nitrogens is 7. The lowest BCUT2D eigenvalue weighted by molar-refractivity contribution is -0.0139. The van der Waals surface area contributed by atoms with Gasteiger partial charge in [-0.15, -0.1) is 14.5 Å². The minimum Gasteiger partial charge on any atom is -0.474 e. The number of fused-ring (bicyclic) bond motifs is 1. The molecule has 20 nitrogen and oxygen atoms in total. The summed E-state index contributed by atoms with van der Waals surface area (Å²) in [5, 5.41) is 29.0. The topological polar surface area (TPSA) is 268 Å². The van der Waals surface area contributed by atoms with Crippen molar-refractivity contribution in [3.63, 3.8) is 0 Å². The Morgan fingerprint density at radius 2 is 1.77 bits per heavy atom. The molecule has 0 amide bonds. The Labute approximate surface area is 357 Å². The summed E-state index contributed by atoms with van der Waals surface area (Å²) < 4.78 is 58.8. The first-order chi connectivity index (χ1) is 28.4. The fraction of sp³-hybridized carbons (Fsp3) is 0.743. The van der Waals surface area contributed by atoms with Crippen LogP contribution in [0.2, 0.25) is 22.2 Å². The molecular weight excluding hydrogens is 875 g/mol. The number of hydrogen-bond acceptors (Lipinski definition) is 18. The molecule has 3 aromatic heterocycles. The minimum atomic E-state index is -3.91. The van der Waals surface area contributed by atoms with E-state index in [1.165, 1.54) is 23.5 Å². The Kier molecular flexibility index (Phi) is 16.8. The first-order valence-corrected chi connectivity index (χ1v) is 27.7. The first kappa shape index (κ1) is 48.5. The van der Waals surface area contributed by atoms with Crippen molar-refractivity contribution in [2.24, 2.45) is 11.8 Å². The van der Waals surface area contributed by atoms with Crippen molar-refractivity contribution >= 4 is 55.1 Å². The van der Waals surface area contributed by atoms with Crippen molar-refractivity contribution in [1.82, 2.24) is 34.9 Å². The molecule has 2 aliphatic rings. The van der Waals surface area contributed by atoms with E-state index in [9.17, 15) is 29.4 Å². The fourth-order valence-electron chi connectivity index (χ4n) is 8.06. The Hall–Kier alpha value is -2.53. The van der Waals surface area contributed by atoms with Gasteiger partial charge in [-0.2, -0.15) is 5.26 Å². The van der Waals surface area contributed by atoms with Crippen LogP contribution in [0.15, 0.2) is 29.7 Å². The highest BCUT2D eigenvalue weighted by atomic mass is 32.5. The third-order valence-electron chi connectivity index (χ3n) is 11.3. The van der Waals surface area contributed by atoms with E-state index in [1.54, 1.807) is 6.07 Å². The summed E-state index contributed by atoms with van der Waals surface area (Å²) in [4.78, 5) is 49.7. The molecule has 5 rings (SSSR count). The second-order valence-corrected chi connectivity index (χ2v) is 28.7. The third kappa shape index (κ3) is 11.0. The van der Waals surface area contributed by atoms with E-state index in [0.717, 1.165) is 0 Å². The number of rotatable bonds is 22. The molecule has 3 heterocycles. The average molecular weight is 932 g/mol. The van der Waals surface area contributed by atoms with Crippen LogP contribution in [0.3, 0.4) is 0 Å². The molecule has 1 unspecified atom stereocenters. The van der Waals surface area contributed by atoms with Crippen LogP contribution >= 0.6 is 15.0 Å². The molecule has 0 saturated heterocycles. The highest BCUT2D eigenvalue weighted by molar-refractivity contribution is 8.07. The predicted molar refractivity (Wildman–Crippen MR) is 225 cm³/mol. The van der Waals surface area contributed by atoms with Gasteiger partial charge in [0.15, 0.2) is 11.2 Å². The third-order valence-corrected chi connectivity index (χ3v) is 23.8. The quantitative estimate of drug-likeness (QED) is 0.0571. The Morgan fingerprint density at radius 3 is 2.37 bits per heavy atom. The molecule has 0 bridgehead atoms. The Bertz CT molecular complexity index is 2030. The van der Waals surface area contributed by atoms with Crippen LogP contribution in [0.4, 0.5) is 0 Å². The lowest BCUT2D eigenvalue weighted by atomic mass is 10.1. The van der Waals surface area contributed by atoms with Crippen molar-refractivity contribution < 1.29 is 50.7 Å². The predicted octanol–water partition coefficient (Wildman–Crippen LogP) is 5.23. The maximum absolute atomic E-state index is 12.8. The zero-order valence-electron chi connectivity index (χ0n) is 35.1. The maximum atomic E-state index is 12.8. The molecule has 9 atom stereocenters. The van der Waals surface area contributed by atoms with E-state index < -0.39 is 79.9 Å². The molecule has 3 aromatic rings. The van der Waals surface area contributed by atoms with E-state index in [4.69, 9.17) is 43.2 Å². The van der Waals surface area contributed by atoms with Crippen molar-refractivity contribution in [2.75, 3.05) is 19.8 Å². The molecule has 0 aromatic carbocycles. The smallest absolute Gasteiger partial charge is 0.474 e. The van der Waals surface area contributed by atoms with Gasteiger partial charge in [-0.3, -0.25) is 4.79 Å². The van der Waals surface area contributed by atoms with E-state index in [2.05, 4.69) is 30.2 Å². The zero-order chi connectivity index (χ0) is 44.0. The molecular formula is C35H57N8O12P2SSi2+. The summed E-state index contributed by atoms with van der Waals surface area (Å²) in [5.74, 6) is -0.816. The number of nitrogens with zero attached hydrogens (tertiary/aromatic N) is 7. The Balaban J connectivity index is 1.56. The lowest BCUT2D eigenvalue weighted by Gasteiger charge is -2.48. The summed E-state index contributed by atoms with van der Waals surface area (Å²) in [6.45, 7) is 11.2. The molecule has 60 heavy (non-hydrogen) atoms. The van der Waals surface area contributed by atoms with Gasteiger partial charge in [0.05, 0.1) is 44.2 Å². The highest BCUT2D eigenvalue weighted by Gasteiger charge is 2.59. The number of nitrogens with one attached hydrogen (secondary N) is 1. The van der Waals surface area contributed by atoms with Crippen LogP contribution in [0.1, 0.15) is 87.1 Å². The summed E-state index contributed by atoms with van der Waals surface area (Å²) in [6.07, 6.45) is 1.54. The molecule has 2 saturated carbocycles. The van der Waals surface area contributed by atoms with Gasteiger partial charge < -0.3 is 41.7 Å². The van der Waals surface area contributed by atoms with E-state index in [0.29, 0.717) is 12.3 Å². The summed E-state index contributed by atoms with van der Waals surface area (Å²) in [7, 11) is -9.94. The number of H-pyrrole nitrogens is 1. The molecule has 0 aliphatic heterocycles. The number of aliphatic hydroxyl groups excluding tert-OH is 1. The lowest BCUT2D eigenvalue weighted by Crippen LogP contribution is -2.62. The number of ether oxygens (including phenoxy) is 1. The van der Waals surface area contributed by atoms with E-state index in [1.807, 2.05) is 61.5 Å². The summed E-state index contributed by atoms with van der Waals surface area (Å²) >= 11 is 6.13. The summed E-state index contributed by atoms with van der Waals surface area (Å²) in [5.41, 5.74) is -1.12. The van der Waals surface area contributed by atoms with Crippen molar-refractivity contribution in [3.05, 3.63) is 35.3 Å². The van der Waals surface area contributed by atoms with Gasteiger partial charge in [0.1, 0.15) is 24.6 Å².